The van der Waals surface area contributed by atoms with E-state index in [0.717, 1.165) is 0 Å². The zero-order valence-corrected chi connectivity index (χ0v) is 15.9. The van der Waals surface area contributed by atoms with Gasteiger partial charge in [-0.2, -0.15) is 0 Å². The molecule has 0 aliphatic carbocycles. The van der Waals surface area contributed by atoms with E-state index in [-0.39, 0.29) is 28.5 Å². The maximum atomic E-state index is 12.2. The largest absolute Gasteiger partial charge is 0.417 e. The Morgan fingerprint density at radius 1 is 1.27 bits per heavy atom. The van der Waals surface area contributed by atoms with Gasteiger partial charge in [0.2, 0.25) is 14.9 Å². The third-order valence-electron chi connectivity index (χ3n) is 4.02. The van der Waals surface area contributed by atoms with Crippen molar-refractivity contribution < 1.29 is 9.22 Å². The van der Waals surface area contributed by atoms with E-state index in [0.29, 0.717) is 6.61 Å². The first-order valence-electron chi connectivity index (χ1n) is 7.74. The molecule has 1 aliphatic heterocycles. The van der Waals surface area contributed by atoms with Crippen molar-refractivity contribution in [2.24, 2.45) is 17.3 Å². The Balaban J connectivity index is 2.09. The molecule has 0 bridgehead atoms. The fourth-order valence-corrected chi connectivity index (χ4v) is 4.41. The average Bonchev–Trinajstić information content (AvgIpc) is 2.42. The molecule has 1 aliphatic rings. The molecule has 121 valence electrons. The van der Waals surface area contributed by atoms with Gasteiger partial charge in [-0.3, -0.25) is 4.79 Å². The molecular formula is C17H26NO2SSi. The number of nitrogens with one attached hydrogen (secondary N) is 1. The maximum Gasteiger partial charge on any atom is 0.227 e. The molecule has 5 heteroatoms. The van der Waals surface area contributed by atoms with E-state index in [9.17, 15) is 4.79 Å². The standard InChI is InChI=1S/C17H26NO2SSi/c1-17(2,3)13(11-20-22(4)5)14-15(19)18-16(14)21-12-9-7-6-8-10-12/h6-10,13-14,16H,11H2,1-5H3,(H,18,19)/t13-,14+,16-/m1/s1. The SMILES string of the molecule is C[Si](C)OC[C@H]([C@H]1C(=O)N[C@@H]1Sc1ccccc1)C(C)(C)C. The zero-order chi connectivity index (χ0) is 16.3. The third kappa shape index (κ3) is 4.37. The smallest absolute Gasteiger partial charge is 0.227 e. The van der Waals surface area contributed by atoms with Gasteiger partial charge in [0.1, 0.15) is 0 Å². The summed E-state index contributed by atoms with van der Waals surface area (Å²) in [5.41, 5.74) is 0.0508. The number of hydrogen-bond donors (Lipinski definition) is 1. The van der Waals surface area contributed by atoms with Crippen molar-refractivity contribution in [1.29, 1.82) is 0 Å². The number of carbonyl (C=O) groups is 1. The van der Waals surface area contributed by atoms with Gasteiger partial charge in [0, 0.05) is 17.4 Å². The van der Waals surface area contributed by atoms with Crippen molar-refractivity contribution in [3.63, 3.8) is 0 Å². The molecule has 0 unspecified atom stereocenters. The normalized spacial score (nSPS) is 23.1. The van der Waals surface area contributed by atoms with Crippen molar-refractivity contribution in [2.75, 3.05) is 6.61 Å². The zero-order valence-electron chi connectivity index (χ0n) is 14.1. The van der Waals surface area contributed by atoms with Gasteiger partial charge >= 0.3 is 0 Å². The molecule has 0 spiro atoms. The van der Waals surface area contributed by atoms with Crippen LogP contribution in [0.25, 0.3) is 0 Å². The Hall–Kier alpha value is -0.783. The fraction of sp³-hybridized carbons (Fsp3) is 0.588. The summed E-state index contributed by atoms with van der Waals surface area (Å²) in [6.07, 6.45) is 0. The van der Waals surface area contributed by atoms with Gasteiger partial charge < -0.3 is 9.74 Å². The molecular weight excluding hydrogens is 310 g/mol. The first-order valence-corrected chi connectivity index (χ1v) is 11.0. The summed E-state index contributed by atoms with van der Waals surface area (Å²) in [5, 5.41) is 3.20. The molecule has 1 heterocycles. The van der Waals surface area contributed by atoms with E-state index in [4.69, 9.17) is 4.43 Å². The molecule has 1 amide bonds. The quantitative estimate of drug-likeness (QED) is 0.634. The number of rotatable bonds is 6. The number of carbonyl (C=O) groups excluding carboxylic acids is 1. The average molecular weight is 337 g/mol. The molecule has 0 aromatic heterocycles. The minimum absolute atomic E-state index is 0.0200. The second-order valence-electron chi connectivity index (χ2n) is 7.08. The Morgan fingerprint density at radius 3 is 2.41 bits per heavy atom. The molecule has 22 heavy (non-hydrogen) atoms. The van der Waals surface area contributed by atoms with Gasteiger partial charge in [0.05, 0.1) is 11.3 Å². The number of benzene rings is 1. The highest BCUT2D eigenvalue weighted by Gasteiger charge is 2.48. The Bertz CT molecular complexity index is 501. The van der Waals surface area contributed by atoms with Crippen LogP contribution in [0.5, 0.6) is 0 Å². The van der Waals surface area contributed by atoms with Gasteiger partial charge in [-0.15, -0.1) is 11.8 Å². The van der Waals surface area contributed by atoms with E-state index in [2.05, 4.69) is 51.3 Å². The summed E-state index contributed by atoms with van der Waals surface area (Å²) in [4.78, 5) is 13.4. The maximum absolute atomic E-state index is 12.2. The summed E-state index contributed by atoms with van der Waals surface area (Å²) < 4.78 is 5.95. The Kier molecular flexibility index (Phi) is 5.74. The number of β-lactam (4-membered cyclic amide) rings is 1. The van der Waals surface area contributed by atoms with Crippen molar-refractivity contribution in [3.8, 4) is 0 Å². The number of amides is 1. The highest BCUT2D eigenvalue weighted by Crippen LogP contribution is 2.43. The van der Waals surface area contributed by atoms with Gasteiger partial charge in [0.25, 0.3) is 0 Å². The van der Waals surface area contributed by atoms with Crippen LogP contribution in [0, 0.1) is 17.3 Å². The Morgan fingerprint density at radius 2 is 1.91 bits per heavy atom. The van der Waals surface area contributed by atoms with Gasteiger partial charge in [0.15, 0.2) is 0 Å². The van der Waals surface area contributed by atoms with Gasteiger partial charge in [-0.05, 0) is 30.6 Å². The fourth-order valence-electron chi connectivity index (χ4n) is 2.66. The van der Waals surface area contributed by atoms with E-state index >= 15 is 0 Å². The lowest BCUT2D eigenvalue weighted by Crippen LogP contribution is -2.61. The first-order chi connectivity index (χ1) is 10.3. The second-order valence-corrected chi connectivity index (χ2v) is 10.4. The lowest BCUT2D eigenvalue weighted by atomic mass is 9.71. The molecule has 1 aromatic carbocycles. The molecule has 1 saturated heterocycles. The molecule has 1 N–H and O–H groups in total. The molecule has 1 aromatic rings. The van der Waals surface area contributed by atoms with Crippen LogP contribution in [-0.2, 0) is 9.22 Å². The number of thioether (sulfide) groups is 1. The first kappa shape index (κ1) is 17.6. The molecule has 1 radical (unpaired) electrons. The minimum atomic E-state index is -0.738. The third-order valence-corrected chi connectivity index (χ3v) is 5.97. The monoisotopic (exact) mass is 336 g/mol. The van der Waals surface area contributed by atoms with Gasteiger partial charge in [-0.25, -0.2) is 0 Å². The molecule has 0 saturated carbocycles. The van der Waals surface area contributed by atoms with Crippen LogP contribution in [0.3, 0.4) is 0 Å². The molecule has 3 atom stereocenters. The summed E-state index contributed by atoms with van der Waals surface area (Å²) >= 11 is 1.74. The van der Waals surface area contributed by atoms with Crippen LogP contribution in [0.4, 0.5) is 0 Å². The predicted octanol–water partition coefficient (Wildman–Crippen LogP) is 3.78. The van der Waals surface area contributed by atoms with Crippen LogP contribution >= 0.6 is 11.8 Å². The summed E-state index contributed by atoms with van der Waals surface area (Å²) in [5.74, 6) is 0.423. The molecule has 1 fully saturated rings. The predicted molar refractivity (Wildman–Crippen MR) is 94.1 cm³/mol. The summed E-state index contributed by atoms with van der Waals surface area (Å²) in [6, 6.07) is 10.3. The van der Waals surface area contributed by atoms with Crippen molar-refractivity contribution in [2.45, 2.75) is 44.1 Å². The highest BCUT2D eigenvalue weighted by atomic mass is 32.2. The summed E-state index contributed by atoms with van der Waals surface area (Å²) in [7, 11) is -0.738. The van der Waals surface area contributed by atoms with Crippen molar-refractivity contribution >= 4 is 26.7 Å². The minimum Gasteiger partial charge on any atom is -0.417 e. The highest BCUT2D eigenvalue weighted by molar-refractivity contribution is 8.00. The lowest BCUT2D eigenvalue weighted by Gasteiger charge is -2.46. The lowest BCUT2D eigenvalue weighted by molar-refractivity contribution is -0.138. The molecule has 3 nitrogen and oxygen atoms in total. The number of hydrogen-bond acceptors (Lipinski definition) is 3. The van der Waals surface area contributed by atoms with E-state index in [1.807, 2.05) is 18.2 Å². The Labute approximate surface area is 139 Å². The van der Waals surface area contributed by atoms with E-state index in [1.165, 1.54) is 4.90 Å². The van der Waals surface area contributed by atoms with Crippen LogP contribution in [0.2, 0.25) is 13.1 Å². The van der Waals surface area contributed by atoms with Crippen LogP contribution in [0.15, 0.2) is 35.2 Å². The summed E-state index contributed by atoms with van der Waals surface area (Å²) in [6.45, 7) is 11.6. The van der Waals surface area contributed by atoms with Crippen molar-refractivity contribution in [3.05, 3.63) is 30.3 Å². The molecule has 2 rings (SSSR count). The van der Waals surface area contributed by atoms with E-state index in [1.54, 1.807) is 11.8 Å². The van der Waals surface area contributed by atoms with E-state index < -0.39 is 9.04 Å². The van der Waals surface area contributed by atoms with Crippen LogP contribution in [-0.4, -0.2) is 26.9 Å². The second kappa shape index (κ2) is 7.19. The van der Waals surface area contributed by atoms with Crippen LogP contribution < -0.4 is 5.32 Å². The van der Waals surface area contributed by atoms with Gasteiger partial charge in [-0.1, -0.05) is 39.0 Å². The van der Waals surface area contributed by atoms with Crippen LogP contribution in [0.1, 0.15) is 20.8 Å². The topological polar surface area (TPSA) is 38.3 Å². The van der Waals surface area contributed by atoms with Crippen molar-refractivity contribution in [1.82, 2.24) is 5.32 Å².